The van der Waals surface area contributed by atoms with E-state index in [0.29, 0.717) is 0 Å². The number of rotatable bonds is 5. The summed E-state index contributed by atoms with van der Waals surface area (Å²) < 4.78 is 0. The Hall–Kier alpha value is 0.220. The first kappa shape index (κ1) is 17.1. The van der Waals surface area contributed by atoms with Crippen LogP contribution < -0.4 is 0 Å². The zero-order valence-electron chi connectivity index (χ0n) is 13.6. The minimum Gasteiger partial charge on any atom is -0.119 e. The Balaban J connectivity index is 1.74. The van der Waals surface area contributed by atoms with Crippen molar-refractivity contribution in [2.45, 2.75) is 81.3 Å². The topological polar surface area (TPSA) is 0 Å². The summed E-state index contributed by atoms with van der Waals surface area (Å²) in [6, 6.07) is 11.0. The molecule has 0 aromatic heterocycles. The lowest BCUT2D eigenvalue weighted by atomic mass is 10.00. The van der Waals surface area contributed by atoms with E-state index >= 15 is 0 Å². The van der Waals surface area contributed by atoms with Crippen LogP contribution in [0.3, 0.4) is 0 Å². The van der Waals surface area contributed by atoms with Gasteiger partial charge in [0.15, 0.2) is 0 Å². The van der Waals surface area contributed by atoms with Crippen molar-refractivity contribution in [2.75, 3.05) is 0 Å². The third kappa shape index (κ3) is 4.19. The molecular weight excluding hydrogens is 323 g/mol. The van der Waals surface area contributed by atoms with Crippen molar-refractivity contribution in [3.8, 4) is 0 Å². The Morgan fingerprint density at radius 3 is 1.82 bits per heavy atom. The fraction of sp³-hybridized carbons (Fsp3) is 0.684. The van der Waals surface area contributed by atoms with Crippen molar-refractivity contribution in [1.82, 2.24) is 0 Å². The standard InChI is InChI=1S/C19H29PS2/c21-20(18-12-6-2-7-13-18,19-14-8-3-9-15-19)22-16-17-10-4-1-5-11-17/h1,4-5,10-11,18-19H,2-3,6-9,12-16H2. The largest absolute Gasteiger partial charge is 0.119 e. The summed E-state index contributed by atoms with van der Waals surface area (Å²) in [7, 11) is 0. The van der Waals surface area contributed by atoms with Crippen molar-refractivity contribution in [1.29, 1.82) is 0 Å². The van der Waals surface area contributed by atoms with Gasteiger partial charge >= 0.3 is 0 Å². The van der Waals surface area contributed by atoms with Gasteiger partial charge in [-0.3, -0.25) is 0 Å². The van der Waals surface area contributed by atoms with E-state index in [2.05, 4.69) is 41.7 Å². The third-order valence-electron chi connectivity index (χ3n) is 5.44. The fourth-order valence-corrected chi connectivity index (χ4v) is 13.2. The van der Waals surface area contributed by atoms with Crippen molar-refractivity contribution in [3.05, 3.63) is 35.9 Å². The predicted octanol–water partition coefficient (Wildman–Crippen LogP) is 6.98. The van der Waals surface area contributed by atoms with Gasteiger partial charge in [-0.05, 0) is 42.6 Å². The second-order valence-electron chi connectivity index (χ2n) is 6.99. The Labute approximate surface area is 145 Å². The summed E-state index contributed by atoms with van der Waals surface area (Å²) in [4.78, 5) is 0. The van der Waals surface area contributed by atoms with Gasteiger partial charge in [0.2, 0.25) is 0 Å². The summed E-state index contributed by atoms with van der Waals surface area (Å²) in [5.41, 5.74) is 3.23. The lowest BCUT2D eigenvalue weighted by molar-refractivity contribution is 0.488. The molecule has 0 N–H and O–H groups in total. The molecule has 0 heterocycles. The molecule has 0 bridgehead atoms. The van der Waals surface area contributed by atoms with Crippen LogP contribution in [0.4, 0.5) is 0 Å². The maximum Gasteiger partial charge on any atom is 0.0234 e. The summed E-state index contributed by atoms with van der Waals surface area (Å²) in [6.07, 6.45) is 14.3. The molecule has 0 amide bonds. The van der Waals surface area contributed by atoms with E-state index in [1.807, 2.05) is 0 Å². The molecular formula is C19H29PS2. The van der Waals surface area contributed by atoms with Crippen LogP contribution in [0.1, 0.15) is 69.8 Å². The molecule has 0 nitrogen and oxygen atoms in total. The molecule has 22 heavy (non-hydrogen) atoms. The van der Waals surface area contributed by atoms with Gasteiger partial charge in [-0.2, -0.15) is 0 Å². The molecule has 0 saturated heterocycles. The van der Waals surface area contributed by atoms with Crippen LogP contribution in [0, 0.1) is 0 Å². The van der Waals surface area contributed by atoms with Gasteiger partial charge in [-0.25, -0.2) is 0 Å². The third-order valence-corrected chi connectivity index (χ3v) is 15.5. The number of benzene rings is 1. The van der Waals surface area contributed by atoms with E-state index in [4.69, 9.17) is 11.8 Å². The normalized spacial score (nSPS) is 21.8. The van der Waals surface area contributed by atoms with E-state index in [0.717, 1.165) is 17.1 Å². The van der Waals surface area contributed by atoms with Gasteiger partial charge in [-0.1, -0.05) is 80.7 Å². The van der Waals surface area contributed by atoms with Gasteiger partial charge < -0.3 is 0 Å². The molecule has 2 aliphatic rings. The van der Waals surface area contributed by atoms with E-state index in [1.54, 1.807) is 0 Å². The van der Waals surface area contributed by atoms with Crippen LogP contribution in [0.5, 0.6) is 0 Å². The highest BCUT2D eigenvalue weighted by Crippen LogP contribution is 2.72. The van der Waals surface area contributed by atoms with Crippen molar-refractivity contribution in [2.24, 2.45) is 0 Å². The van der Waals surface area contributed by atoms with Crippen molar-refractivity contribution >= 4 is 28.4 Å². The lowest BCUT2D eigenvalue weighted by Crippen LogP contribution is -2.21. The van der Waals surface area contributed by atoms with E-state index in [-0.39, 0.29) is 0 Å². The fourth-order valence-electron chi connectivity index (χ4n) is 4.14. The Kier molecular flexibility index (Phi) is 6.48. The molecule has 2 aliphatic carbocycles. The van der Waals surface area contributed by atoms with E-state index in [1.165, 1.54) is 69.8 Å². The summed E-state index contributed by atoms with van der Waals surface area (Å²) in [5, 5.41) is -1.29. The monoisotopic (exact) mass is 352 g/mol. The van der Waals surface area contributed by atoms with Gasteiger partial charge in [0.1, 0.15) is 0 Å². The van der Waals surface area contributed by atoms with Gasteiger partial charge in [0.25, 0.3) is 0 Å². The smallest absolute Gasteiger partial charge is 0.0234 e. The molecule has 0 radical (unpaired) electrons. The average Bonchev–Trinajstić information content (AvgIpc) is 2.62. The zero-order valence-corrected chi connectivity index (χ0v) is 16.1. The minimum atomic E-state index is -1.29. The van der Waals surface area contributed by atoms with Crippen LogP contribution in [0.25, 0.3) is 0 Å². The first-order valence-electron chi connectivity index (χ1n) is 9.07. The van der Waals surface area contributed by atoms with Crippen LogP contribution in [0.2, 0.25) is 0 Å². The predicted molar refractivity (Wildman–Crippen MR) is 106 cm³/mol. The number of hydrogen-bond acceptors (Lipinski definition) is 2. The van der Waals surface area contributed by atoms with E-state index in [9.17, 15) is 0 Å². The molecule has 3 heteroatoms. The highest BCUT2D eigenvalue weighted by Gasteiger charge is 2.37. The lowest BCUT2D eigenvalue weighted by Gasteiger charge is -2.41. The van der Waals surface area contributed by atoms with Crippen LogP contribution in [0.15, 0.2) is 30.3 Å². The van der Waals surface area contributed by atoms with Gasteiger partial charge in [-0.15, -0.1) is 11.4 Å². The number of hydrogen-bond donors (Lipinski definition) is 0. The highest BCUT2D eigenvalue weighted by molar-refractivity contribution is 8.71. The second-order valence-corrected chi connectivity index (χ2v) is 15.4. The molecule has 122 valence electrons. The first-order valence-corrected chi connectivity index (χ1v) is 13.6. The van der Waals surface area contributed by atoms with E-state index < -0.39 is 5.24 Å². The summed E-state index contributed by atoms with van der Waals surface area (Å²) in [6.45, 7) is 0. The van der Waals surface area contributed by atoms with Crippen LogP contribution in [-0.4, -0.2) is 11.3 Å². The molecule has 1 aromatic rings. The van der Waals surface area contributed by atoms with Gasteiger partial charge in [0.05, 0.1) is 0 Å². The average molecular weight is 353 g/mol. The Bertz CT molecular complexity index is 465. The zero-order chi connectivity index (χ0) is 15.3. The quantitative estimate of drug-likeness (QED) is 0.524. The summed E-state index contributed by atoms with van der Waals surface area (Å²) in [5.74, 6) is 1.14. The maximum atomic E-state index is 6.51. The minimum absolute atomic E-state index is 0.882. The molecule has 0 atom stereocenters. The molecule has 2 saturated carbocycles. The van der Waals surface area contributed by atoms with Gasteiger partial charge in [0, 0.05) is 11.0 Å². The van der Waals surface area contributed by atoms with Crippen molar-refractivity contribution < 1.29 is 0 Å². The maximum absolute atomic E-state index is 6.51. The molecule has 3 rings (SSSR count). The van der Waals surface area contributed by atoms with Crippen molar-refractivity contribution in [3.63, 3.8) is 0 Å². The van der Waals surface area contributed by atoms with Crippen LogP contribution >= 0.6 is 16.6 Å². The SMILES string of the molecule is S=P(SCc1ccccc1)(C1CCCCC1)C1CCCCC1. The van der Waals surface area contributed by atoms with Crippen LogP contribution in [-0.2, 0) is 17.6 Å². The Morgan fingerprint density at radius 1 is 0.818 bits per heavy atom. The first-order chi connectivity index (χ1) is 10.8. The highest BCUT2D eigenvalue weighted by atomic mass is 32.9. The molecule has 1 aromatic carbocycles. The second kappa shape index (κ2) is 8.36. The molecule has 0 unspecified atom stereocenters. The Morgan fingerprint density at radius 2 is 1.32 bits per heavy atom. The molecule has 0 aliphatic heterocycles. The molecule has 0 spiro atoms. The summed E-state index contributed by atoms with van der Waals surface area (Å²) >= 11 is 8.73. The molecule has 2 fully saturated rings.